The zero-order valence-corrected chi connectivity index (χ0v) is 68.4. The van der Waals surface area contributed by atoms with E-state index in [0.29, 0.717) is 81.1 Å². The van der Waals surface area contributed by atoms with E-state index in [1.807, 2.05) is 12.1 Å². The van der Waals surface area contributed by atoms with Gasteiger partial charge < -0.3 is 54.3 Å². The maximum atomic E-state index is 13.3. The number of hydrogen-bond acceptors (Lipinski definition) is 25. The van der Waals surface area contributed by atoms with Crippen LogP contribution in [0.1, 0.15) is 113 Å². The van der Waals surface area contributed by atoms with Gasteiger partial charge in [-0.2, -0.15) is 8.61 Å². The van der Waals surface area contributed by atoms with E-state index in [2.05, 4.69) is 20.3 Å². The van der Waals surface area contributed by atoms with Crippen LogP contribution in [0.4, 0.5) is 14.4 Å². The Morgan fingerprint density at radius 1 is 0.451 bits per heavy atom. The molecule has 0 radical (unpaired) electrons. The van der Waals surface area contributed by atoms with Crippen LogP contribution in [-0.4, -0.2) is 219 Å². The van der Waals surface area contributed by atoms with Crippen LogP contribution < -0.4 is 49.1 Å². The molecule has 0 aliphatic carbocycles. The van der Waals surface area contributed by atoms with Gasteiger partial charge in [0.05, 0.1) is 50.1 Å². The molecule has 31 nitrogen and oxygen atoms in total. The summed E-state index contributed by atoms with van der Waals surface area (Å²) in [6, 6.07) is 27.3. The second-order valence-corrected chi connectivity index (χ2v) is 33.8. The summed E-state index contributed by atoms with van der Waals surface area (Å²) in [6.45, 7) is 5.47. The Labute approximate surface area is 683 Å². The Kier molecular flexibility index (Phi) is 35.8. The molecule has 3 aromatic heterocycles. The minimum atomic E-state index is -3.91. The molecule has 3 amide bonds. The van der Waals surface area contributed by atoms with Gasteiger partial charge >= 0.3 is 65.7 Å². The molecule has 0 saturated carbocycles. The Balaban J connectivity index is 0.000000221. The minimum absolute atomic E-state index is 0. The molecule has 36 heteroatoms. The first-order valence-corrected chi connectivity index (χ1v) is 42.0. The second-order valence-electron chi connectivity index (χ2n) is 27.4. The summed E-state index contributed by atoms with van der Waals surface area (Å²) in [5.74, 6) is -3.81. The molecule has 0 unspecified atom stereocenters. The van der Waals surface area contributed by atoms with E-state index in [1.165, 1.54) is 92.1 Å². The van der Waals surface area contributed by atoms with Crippen molar-refractivity contribution in [2.75, 3.05) is 73.1 Å². The third-order valence-electron chi connectivity index (χ3n) is 19.7. The monoisotopic (exact) mass is 1650 g/mol. The number of rotatable bonds is 26. The number of Topliss-reactive ketones (excluding diaryl/α,β-unsaturated/α-hetero) is 3. The van der Waals surface area contributed by atoms with Gasteiger partial charge in [0.2, 0.25) is 20.0 Å². The first-order valence-electron chi connectivity index (χ1n) is 36.8. The maximum absolute atomic E-state index is 13.3. The van der Waals surface area contributed by atoms with Gasteiger partial charge in [-0.25, -0.2) is 39.6 Å². The van der Waals surface area contributed by atoms with Gasteiger partial charge in [0, 0.05) is 119 Å². The Hall–Kier alpha value is -8.68. The first kappa shape index (κ1) is 91.5. The SMILES string of the molecule is COC(=O)[C@@H](CC(=O)[C@@H]1CCCN1)Cc1ccc(OC(=O)N2CCCC2)cc1.COC(=O)[C@@H](CC(=O)[C@@H]1CCCN1S(=O)(=O)c1cccnc1)Cc1ccc(OC(=O)N2CCCC2)cc1.O=C(O)[C@@H](CC(=O)[C@@H]1CCCN1S(=O)(=O)c1cccnc1)Cc1ccc(OC(=O)N2CCCC2)cc1.O=S(=O)(Cl)c1cccnc1.[Na+].[OH-]. The quantitative estimate of drug-likeness (QED) is 0.0373. The number of likely N-dealkylation sites (tertiary alicyclic amines) is 3. The van der Waals surface area contributed by atoms with Crippen LogP contribution in [0.5, 0.6) is 17.2 Å². The van der Waals surface area contributed by atoms with Gasteiger partial charge in [0.1, 0.15) is 31.9 Å². The third kappa shape index (κ3) is 26.7. The third-order valence-corrected chi connectivity index (χ3v) is 24.8. The van der Waals surface area contributed by atoms with Crippen LogP contribution >= 0.6 is 10.7 Å². The average Bonchev–Trinajstić information content (AvgIpc) is 1.70. The molecule has 0 bridgehead atoms. The number of nitrogens with zero attached hydrogens (tertiary/aromatic N) is 8. The van der Waals surface area contributed by atoms with Crippen molar-refractivity contribution in [2.24, 2.45) is 17.8 Å². The van der Waals surface area contributed by atoms with Crippen molar-refractivity contribution in [3.63, 3.8) is 0 Å². The van der Waals surface area contributed by atoms with Crippen molar-refractivity contribution in [2.45, 2.75) is 148 Å². The number of carbonyl (C=O) groups excluding carboxylic acids is 8. The van der Waals surface area contributed by atoms with Crippen LogP contribution in [0.25, 0.3) is 0 Å². The van der Waals surface area contributed by atoms with Crippen LogP contribution in [0.3, 0.4) is 0 Å². The van der Waals surface area contributed by atoms with Crippen molar-refractivity contribution in [3.8, 4) is 17.2 Å². The molecular weight excluding hydrogens is 1560 g/mol. The van der Waals surface area contributed by atoms with Gasteiger partial charge in [0.15, 0.2) is 17.3 Å². The van der Waals surface area contributed by atoms with Gasteiger partial charge in [-0.1, -0.05) is 36.4 Å². The topological polar surface area (TPSA) is 419 Å². The molecule has 6 fully saturated rings. The molecular formula is C77H93ClN9NaO22S3. The largest absolute Gasteiger partial charge is 1.00 e. The molecule has 6 atom stereocenters. The van der Waals surface area contributed by atoms with Crippen molar-refractivity contribution in [1.82, 2.24) is 43.6 Å². The standard InChI is InChI=1S/C26H31N3O7S.C25H29N3O7S.C21H28N2O5.C5H4ClNO2S.Na.H2O/c1-35-25(31)20(16-19-8-10-21(11-9-19)36-26(32)28-13-2-3-14-28)17-24(30)23-7-5-15-29(23)37(33,34)22-6-4-12-27-18-22;29-23(22-6-4-14-28(22)36(33,34)21-5-3-11-26-17-21)16-19(24(30)31)15-18-7-9-20(10-8-18)35-25(32)27-12-1-2-13-27;1-27-20(25)16(14-19(24)18-5-4-10-22-18)13-15-6-8-17(9-7-15)28-21(26)23-11-2-3-12-23;6-10(8,9)5-2-1-3-7-4-5;;/h4,6,8-12,18,20,23H,2-3,5,7,13-17H2,1H3;3,5,7-11,17,19,22H,1-2,4,6,12-16H2,(H,30,31);6-9,16,18,22H,2-5,10-14H2,1H3;1-4H;;1H2/q;;;;+1;/p-1/t20-,23+;19-,22+;16-,18+;;;/m111.../s1. The van der Waals surface area contributed by atoms with Crippen molar-refractivity contribution >= 4 is 93.3 Å². The minimum Gasteiger partial charge on any atom is -0.870 e. The molecule has 0 spiro atoms. The van der Waals surface area contributed by atoms with Crippen LogP contribution in [0.2, 0.25) is 0 Å². The van der Waals surface area contributed by atoms with Gasteiger partial charge in [-0.15, -0.1) is 0 Å². The van der Waals surface area contributed by atoms with Crippen LogP contribution in [0.15, 0.2) is 161 Å². The molecule has 113 heavy (non-hydrogen) atoms. The number of carboxylic acid groups (broad SMARTS) is 1. The number of sulfonamides is 2. The van der Waals surface area contributed by atoms with E-state index in [-0.39, 0.29) is 131 Å². The number of methoxy groups -OCH3 is 2. The number of carbonyl (C=O) groups is 9. The van der Waals surface area contributed by atoms with Gasteiger partial charge in [0.25, 0.3) is 9.05 Å². The summed E-state index contributed by atoms with van der Waals surface area (Å²) in [5.41, 5.74) is 2.32. The number of benzene rings is 3. The second kappa shape index (κ2) is 44.3. The predicted octanol–water partition coefficient (Wildman–Crippen LogP) is 5.71. The smallest absolute Gasteiger partial charge is 0.870 e. The number of aromatic nitrogens is 3. The van der Waals surface area contributed by atoms with Crippen molar-refractivity contribution in [1.29, 1.82) is 0 Å². The Morgan fingerprint density at radius 3 is 1.07 bits per heavy atom. The average molecular weight is 1650 g/mol. The number of amides is 3. The molecule has 9 heterocycles. The summed E-state index contributed by atoms with van der Waals surface area (Å²) in [6.07, 6.45) is 16.9. The first-order chi connectivity index (χ1) is 53.2. The molecule has 6 saturated heterocycles. The number of aliphatic carboxylic acids is 1. The van der Waals surface area contributed by atoms with Crippen molar-refractivity contribution < 1.29 is 132 Å². The number of ketones is 3. The summed E-state index contributed by atoms with van der Waals surface area (Å²) < 4.78 is 102. The van der Waals surface area contributed by atoms with Crippen LogP contribution in [0, 0.1) is 17.8 Å². The van der Waals surface area contributed by atoms with E-state index in [9.17, 15) is 73.5 Å². The summed E-state index contributed by atoms with van der Waals surface area (Å²) in [7, 11) is -3.80. The maximum Gasteiger partial charge on any atom is 1.00 e. The number of halogens is 1. The molecule has 604 valence electrons. The summed E-state index contributed by atoms with van der Waals surface area (Å²) in [5, 5.41) is 12.9. The number of pyridine rings is 3. The zero-order chi connectivity index (χ0) is 79.7. The number of hydrogen-bond donors (Lipinski definition) is 2. The fraction of sp³-hybridized carbons (Fsp3) is 0.455. The molecule has 3 N–H and O–H groups in total. The fourth-order valence-electron chi connectivity index (χ4n) is 13.8. The van der Waals surface area contributed by atoms with E-state index < -0.39 is 82.7 Å². The van der Waals surface area contributed by atoms with E-state index in [0.717, 1.165) is 86.4 Å². The van der Waals surface area contributed by atoms with Gasteiger partial charge in [-0.05, 0) is 192 Å². The number of esters is 2. The van der Waals surface area contributed by atoms with E-state index in [1.54, 1.807) is 75.4 Å². The van der Waals surface area contributed by atoms with Crippen LogP contribution in [-0.2, 0) is 86.6 Å². The Bertz CT molecular complexity index is 4510. The predicted molar refractivity (Wildman–Crippen MR) is 404 cm³/mol. The zero-order valence-electron chi connectivity index (χ0n) is 63.2. The molecule has 3 aromatic carbocycles. The normalized spacial score (nSPS) is 18.3. The van der Waals surface area contributed by atoms with Gasteiger partial charge in [-0.3, -0.25) is 43.7 Å². The number of ether oxygens (including phenoxy) is 5. The van der Waals surface area contributed by atoms with E-state index in [4.69, 9.17) is 34.4 Å². The number of nitrogens with one attached hydrogen (secondary N) is 1. The molecule has 6 aromatic rings. The van der Waals surface area contributed by atoms with E-state index >= 15 is 0 Å². The molecule has 12 rings (SSSR count). The summed E-state index contributed by atoms with van der Waals surface area (Å²) >= 11 is 0. The Morgan fingerprint density at radius 2 is 0.779 bits per heavy atom. The molecule has 6 aliphatic rings. The fourth-order valence-corrected chi connectivity index (χ4v) is 17.7. The van der Waals surface area contributed by atoms with Crippen molar-refractivity contribution in [3.05, 3.63) is 163 Å². The summed E-state index contributed by atoms with van der Waals surface area (Å²) in [4.78, 5) is 128. The molecule has 6 aliphatic heterocycles. The number of carboxylic acids is 1.